The SMILES string of the molecule is O=C(O)CCCC1CN(C(=O)C(F)(F)F)C1. The number of nitrogens with zero attached hydrogens (tertiary/aromatic N) is 1. The molecule has 0 aromatic carbocycles. The summed E-state index contributed by atoms with van der Waals surface area (Å²) in [5.74, 6) is -2.71. The Morgan fingerprint density at radius 1 is 1.31 bits per heavy atom. The number of halogens is 3. The first-order chi connectivity index (χ1) is 7.30. The first-order valence-electron chi connectivity index (χ1n) is 4.88. The van der Waals surface area contributed by atoms with Crippen molar-refractivity contribution in [1.82, 2.24) is 4.90 Å². The summed E-state index contributed by atoms with van der Waals surface area (Å²) >= 11 is 0. The van der Waals surface area contributed by atoms with Crippen LogP contribution in [-0.2, 0) is 9.59 Å². The third-order valence-electron chi connectivity index (χ3n) is 2.49. The normalized spacial score (nSPS) is 17.1. The van der Waals surface area contributed by atoms with Crippen LogP contribution in [0.2, 0.25) is 0 Å². The lowest BCUT2D eigenvalue weighted by atomic mass is 9.94. The molecule has 16 heavy (non-hydrogen) atoms. The van der Waals surface area contributed by atoms with Gasteiger partial charge in [-0.25, -0.2) is 0 Å². The van der Waals surface area contributed by atoms with Crippen LogP contribution in [-0.4, -0.2) is 41.1 Å². The summed E-state index contributed by atoms with van der Waals surface area (Å²) in [4.78, 5) is 21.6. The minimum Gasteiger partial charge on any atom is -0.481 e. The third kappa shape index (κ3) is 3.39. The molecule has 1 heterocycles. The summed E-state index contributed by atoms with van der Waals surface area (Å²) in [6.07, 6.45) is -3.79. The number of hydrogen-bond acceptors (Lipinski definition) is 2. The van der Waals surface area contributed by atoms with Gasteiger partial charge in [-0.3, -0.25) is 9.59 Å². The fourth-order valence-corrected chi connectivity index (χ4v) is 1.64. The predicted molar refractivity (Wildman–Crippen MR) is 47.6 cm³/mol. The second kappa shape index (κ2) is 4.71. The number of hydrogen-bond donors (Lipinski definition) is 1. The molecule has 1 fully saturated rings. The fourth-order valence-electron chi connectivity index (χ4n) is 1.64. The monoisotopic (exact) mass is 239 g/mol. The van der Waals surface area contributed by atoms with Gasteiger partial charge in [0.1, 0.15) is 0 Å². The van der Waals surface area contributed by atoms with Crippen molar-refractivity contribution in [2.75, 3.05) is 13.1 Å². The van der Waals surface area contributed by atoms with Gasteiger partial charge in [0.15, 0.2) is 0 Å². The van der Waals surface area contributed by atoms with Gasteiger partial charge in [-0.05, 0) is 18.8 Å². The summed E-state index contributed by atoms with van der Waals surface area (Å²) in [7, 11) is 0. The topological polar surface area (TPSA) is 57.6 Å². The lowest BCUT2D eigenvalue weighted by Gasteiger charge is -2.39. The Morgan fingerprint density at radius 3 is 2.31 bits per heavy atom. The van der Waals surface area contributed by atoms with Gasteiger partial charge in [0.2, 0.25) is 0 Å². The van der Waals surface area contributed by atoms with Crippen molar-refractivity contribution in [2.45, 2.75) is 25.4 Å². The van der Waals surface area contributed by atoms with Gasteiger partial charge in [-0.2, -0.15) is 13.2 Å². The Morgan fingerprint density at radius 2 is 1.88 bits per heavy atom. The van der Waals surface area contributed by atoms with E-state index in [1.807, 2.05) is 0 Å². The van der Waals surface area contributed by atoms with Crippen molar-refractivity contribution >= 4 is 11.9 Å². The molecule has 1 aliphatic heterocycles. The lowest BCUT2D eigenvalue weighted by molar-refractivity contribution is -0.191. The van der Waals surface area contributed by atoms with Crippen LogP contribution in [0.1, 0.15) is 19.3 Å². The van der Waals surface area contributed by atoms with E-state index in [9.17, 15) is 22.8 Å². The van der Waals surface area contributed by atoms with Crippen molar-refractivity contribution in [1.29, 1.82) is 0 Å². The average molecular weight is 239 g/mol. The highest BCUT2D eigenvalue weighted by Crippen LogP contribution is 2.27. The second-order valence-corrected chi connectivity index (χ2v) is 3.86. The molecule has 0 bridgehead atoms. The minimum absolute atomic E-state index is 0.00523. The highest BCUT2D eigenvalue weighted by Gasteiger charge is 2.46. The van der Waals surface area contributed by atoms with Gasteiger partial charge in [0, 0.05) is 19.5 Å². The fraction of sp³-hybridized carbons (Fsp3) is 0.778. The third-order valence-corrected chi connectivity index (χ3v) is 2.49. The molecule has 7 heteroatoms. The quantitative estimate of drug-likeness (QED) is 0.803. The zero-order valence-corrected chi connectivity index (χ0v) is 8.46. The van der Waals surface area contributed by atoms with E-state index in [0.29, 0.717) is 12.8 Å². The van der Waals surface area contributed by atoms with Gasteiger partial charge in [0.05, 0.1) is 0 Å². The Labute approximate surface area is 90.0 Å². The van der Waals surface area contributed by atoms with Crippen molar-refractivity contribution in [2.24, 2.45) is 5.92 Å². The molecule has 4 nitrogen and oxygen atoms in total. The summed E-state index contributed by atoms with van der Waals surface area (Å²) in [6.45, 7) is 0.163. The van der Waals surface area contributed by atoms with Crippen molar-refractivity contribution in [3.05, 3.63) is 0 Å². The van der Waals surface area contributed by atoms with Gasteiger partial charge >= 0.3 is 18.1 Å². The van der Waals surface area contributed by atoms with Gasteiger partial charge < -0.3 is 10.0 Å². The summed E-state index contributed by atoms with van der Waals surface area (Å²) < 4.78 is 35.8. The molecule has 1 N–H and O–H groups in total. The summed E-state index contributed by atoms with van der Waals surface area (Å²) in [5, 5.41) is 8.35. The molecule has 0 unspecified atom stereocenters. The number of carboxylic acid groups (broad SMARTS) is 1. The molecule has 1 saturated heterocycles. The molecule has 0 aromatic heterocycles. The number of rotatable bonds is 4. The number of likely N-dealkylation sites (tertiary alicyclic amines) is 1. The van der Waals surface area contributed by atoms with Crippen LogP contribution in [0.25, 0.3) is 0 Å². The number of carboxylic acids is 1. The Bertz CT molecular complexity index is 284. The Hall–Kier alpha value is -1.27. The van der Waals surface area contributed by atoms with Crippen LogP contribution in [0.15, 0.2) is 0 Å². The molecule has 92 valence electrons. The molecule has 1 rings (SSSR count). The first-order valence-corrected chi connectivity index (χ1v) is 4.88. The largest absolute Gasteiger partial charge is 0.481 e. The summed E-state index contributed by atoms with van der Waals surface area (Å²) in [5.41, 5.74) is 0. The number of carbonyl (C=O) groups is 2. The number of aliphatic carboxylic acids is 1. The van der Waals surface area contributed by atoms with E-state index in [1.54, 1.807) is 0 Å². The number of carbonyl (C=O) groups excluding carboxylic acids is 1. The average Bonchev–Trinajstić information content (AvgIpc) is 2.05. The van der Waals surface area contributed by atoms with E-state index in [4.69, 9.17) is 5.11 Å². The molecule has 1 amide bonds. The molecule has 1 aliphatic rings. The Kier molecular flexibility index (Phi) is 3.77. The molecular weight excluding hydrogens is 227 g/mol. The van der Waals surface area contributed by atoms with E-state index in [1.165, 1.54) is 0 Å². The molecule has 0 saturated carbocycles. The zero-order chi connectivity index (χ0) is 12.3. The maximum atomic E-state index is 11.9. The maximum Gasteiger partial charge on any atom is 0.471 e. The lowest BCUT2D eigenvalue weighted by Crippen LogP contribution is -2.54. The van der Waals surface area contributed by atoms with Crippen LogP contribution in [0, 0.1) is 5.92 Å². The molecule has 0 radical (unpaired) electrons. The first kappa shape index (κ1) is 12.8. The molecule has 0 spiro atoms. The predicted octanol–water partition coefficient (Wildman–Crippen LogP) is 1.26. The van der Waals surface area contributed by atoms with Crippen molar-refractivity contribution in [3.63, 3.8) is 0 Å². The minimum atomic E-state index is -4.80. The van der Waals surface area contributed by atoms with E-state index >= 15 is 0 Å². The van der Waals surface area contributed by atoms with E-state index < -0.39 is 18.1 Å². The van der Waals surface area contributed by atoms with Crippen LogP contribution >= 0.6 is 0 Å². The van der Waals surface area contributed by atoms with Crippen molar-refractivity contribution < 1.29 is 27.9 Å². The van der Waals surface area contributed by atoms with E-state index in [2.05, 4.69) is 0 Å². The van der Waals surface area contributed by atoms with Crippen LogP contribution in [0.5, 0.6) is 0 Å². The smallest absolute Gasteiger partial charge is 0.471 e. The van der Waals surface area contributed by atoms with Crippen LogP contribution < -0.4 is 0 Å². The highest BCUT2D eigenvalue weighted by atomic mass is 19.4. The zero-order valence-electron chi connectivity index (χ0n) is 8.46. The molecule has 0 aromatic rings. The van der Waals surface area contributed by atoms with E-state index in [0.717, 1.165) is 4.90 Å². The van der Waals surface area contributed by atoms with Gasteiger partial charge in [0.25, 0.3) is 0 Å². The van der Waals surface area contributed by atoms with Gasteiger partial charge in [-0.15, -0.1) is 0 Å². The highest BCUT2D eigenvalue weighted by molar-refractivity contribution is 5.82. The van der Waals surface area contributed by atoms with Crippen LogP contribution in [0.4, 0.5) is 13.2 Å². The van der Waals surface area contributed by atoms with E-state index in [-0.39, 0.29) is 25.4 Å². The Balaban J connectivity index is 2.18. The number of alkyl halides is 3. The summed E-state index contributed by atoms with van der Waals surface area (Å²) in [6, 6.07) is 0. The second-order valence-electron chi connectivity index (χ2n) is 3.86. The van der Waals surface area contributed by atoms with Crippen LogP contribution in [0.3, 0.4) is 0 Å². The molecular formula is C9H12F3NO3. The van der Waals surface area contributed by atoms with Crippen molar-refractivity contribution in [3.8, 4) is 0 Å². The standard InChI is InChI=1S/C9H12F3NO3/c10-9(11,12)8(16)13-4-6(5-13)2-1-3-7(14)15/h6H,1-5H2,(H,14,15). The molecule has 0 atom stereocenters. The van der Waals surface area contributed by atoms with Gasteiger partial charge in [-0.1, -0.05) is 0 Å². The molecule has 0 aliphatic carbocycles. The maximum absolute atomic E-state index is 11.9. The number of amides is 1.